The van der Waals surface area contributed by atoms with Gasteiger partial charge in [-0.05, 0) is 30.9 Å². The van der Waals surface area contributed by atoms with E-state index in [0.29, 0.717) is 5.92 Å². The van der Waals surface area contributed by atoms with Crippen LogP contribution in [0.4, 0.5) is 5.69 Å². The molecule has 1 saturated heterocycles. The minimum absolute atomic E-state index is 0.0532. The number of anilines is 1. The summed E-state index contributed by atoms with van der Waals surface area (Å²) in [6.07, 6.45) is 0. The predicted octanol–water partition coefficient (Wildman–Crippen LogP) is 1.19. The molecule has 2 amide bonds. The topological polar surface area (TPSA) is 53.9 Å². The van der Waals surface area contributed by atoms with Gasteiger partial charge in [0.1, 0.15) is 0 Å². The summed E-state index contributed by atoms with van der Waals surface area (Å²) in [6, 6.07) is 6.02. The number of carbonyl (C=O) groups excluding carboxylic acids is 2. The van der Waals surface area contributed by atoms with E-state index in [9.17, 15) is 9.59 Å². The average Bonchev–Trinajstić information content (AvgIpc) is 2.55. The van der Waals surface area contributed by atoms with Gasteiger partial charge >= 0.3 is 0 Å². The fourth-order valence-electron chi connectivity index (χ4n) is 3.30. The number of nitrogens with zero attached hydrogens (tertiary/aromatic N) is 1. The van der Waals surface area contributed by atoms with E-state index >= 15 is 0 Å². The molecule has 0 aliphatic carbocycles. The monoisotopic (exact) mass is 332 g/mol. The number of piperazine rings is 1. The minimum Gasteiger partial charge on any atom is -0.332 e. The molecule has 2 rings (SSSR count). The van der Waals surface area contributed by atoms with Gasteiger partial charge in [-0.25, -0.2) is 0 Å². The summed E-state index contributed by atoms with van der Waals surface area (Å²) in [5, 5.41) is 3.15. The zero-order chi connectivity index (χ0) is 17.9. The van der Waals surface area contributed by atoms with Crippen LogP contribution in [0.25, 0.3) is 0 Å². The number of quaternary nitrogens is 1. The van der Waals surface area contributed by atoms with Gasteiger partial charge in [-0.3, -0.25) is 9.59 Å². The molecule has 2 N–H and O–H groups in total. The Bertz CT molecular complexity index is 605. The lowest BCUT2D eigenvalue weighted by molar-refractivity contribution is -0.917. The van der Waals surface area contributed by atoms with Crippen LogP contribution in [0.1, 0.15) is 44.7 Å². The highest BCUT2D eigenvalue weighted by Gasteiger charge is 2.30. The van der Waals surface area contributed by atoms with Crippen LogP contribution in [0.3, 0.4) is 0 Å². The largest absolute Gasteiger partial charge is 0.332 e. The number of amides is 2. The first kappa shape index (κ1) is 18.5. The SMILES string of the molecule is CC(=O)N1CC[NH+]([C@H](C)C(=O)Nc2c(C)cccc2C(C)C)CC1. The second kappa shape index (κ2) is 7.79. The highest BCUT2D eigenvalue weighted by atomic mass is 16.2. The summed E-state index contributed by atoms with van der Waals surface area (Å²) < 4.78 is 0. The van der Waals surface area contributed by atoms with Crippen LogP contribution in [0.15, 0.2) is 18.2 Å². The van der Waals surface area contributed by atoms with Crippen LogP contribution in [0.2, 0.25) is 0 Å². The zero-order valence-electron chi connectivity index (χ0n) is 15.5. The predicted molar refractivity (Wildman–Crippen MR) is 96.3 cm³/mol. The number of hydrogen-bond donors (Lipinski definition) is 2. The zero-order valence-corrected chi connectivity index (χ0v) is 15.5. The molecule has 1 atom stereocenters. The second-order valence-corrected chi connectivity index (χ2v) is 7.07. The van der Waals surface area contributed by atoms with Crippen molar-refractivity contribution in [1.82, 2.24) is 4.90 Å². The molecule has 132 valence electrons. The van der Waals surface area contributed by atoms with Crippen molar-refractivity contribution < 1.29 is 14.5 Å². The molecule has 0 spiro atoms. The summed E-state index contributed by atoms with van der Waals surface area (Å²) in [5.74, 6) is 0.534. The second-order valence-electron chi connectivity index (χ2n) is 7.07. The van der Waals surface area contributed by atoms with Crippen LogP contribution in [0.5, 0.6) is 0 Å². The van der Waals surface area contributed by atoms with Gasteiger partial charge in [0.15, 0.2) is 6.04 Å². The molecule has 1 aliphatic heterocycles. The molecule has 0 aromatic heterocycles. The number of rotatable bonds is 4. The maximum atomic E-state index is 12.7. The summed E-state index contributed by atoms with van der Waals surface area (Å²) in [7, 11) is 0. The molecule has 5 nitrogen and oxygen atoms in total. The van der Waals surface area contributed by atoms with Gasteiger partial charge in [0, 0.05) is 12.6 Å². The maximum Gasteiger partial charge on any atom is 0.282 e. The number of para-hydroxylation sites is 1. The van der Waals surface area contributed by atoms with E-state index in [1.54, 1.807) is 6.92 Å². The number of benzene rings is 1. The molecule has 0 unspecified atom stereocenters. The molecular weight excluding hydrogens is 302 g/mol. The third kappa shape index (κ3) is 4.15. The Kier molecular flexibility index (Phi) is 5.99. The molecule has 24 heavy (non-hydrogen) atoms. The standard InChI is InChI=1S/C19H29N3O2/c1-13(2)17-8-6-7-14(3)18(17)20-19(24)15(4)21-9-11-22(12-10-21)16(5)23/h6-8,13,15H,9-12H2,1-5H3,(H,20,24)/p+1/t15-/m1/s1. The highest BCUT2D eigenvalue weighted by Crippen LogP contribution is 2.27. The fraction of sp³-hybridized carbons (Fsp3) is 0.579. The summed E-state index contributed by atoms with van der Waals surface area (Å²) >= 11 is 0. The van der Waals surface area contributed by atoms with Crippen molar-refractivity contribution in [2.75, 3.05) is 31.5 Å². The Morgan fingerprint density at radius 2 is 1.79 bits per heavy atom. The third-order valence-corrected chi connectivity index (χ3v) is 5.03. The minimum atomic E-state index is -0.126. The van der Waals surface area contributed by atoms with Gasteiger partial charge in [0.05, 0.1) is 26.2 Å². The van der Waals surface area contributed by atoms with Gasteiger partial charge in [-0.15, -0.1) is 0 Å². The number of aryl methyl sites for hydroxylation is 1. The molecule has 1 aromatic rings. The van der Waals surface area contributed by atoms with Crippen molar-refractivity contribution in [2.45, 2.75) is 46.6 Å². The highest BCUT2D eigenvalue weighted by molar-refractivity contribution is 5.95. The molecule has 0 radical (unpaired) electrons. The van der Waals surface area contributed by atoms with Gasteiger partial charge in [0.25, 0.3) is 5.91 Å². The van der Waals surface area contributed by atoms with E-state index in [-0.39, 0.29) is 17.9 Å². The smallest absolute Gasteiger partial charge is 0.282 e. The fourth-order valence-corrected chi connectivity index (χ4v) is 3.30. The Balaban J connectivity index is 2.04. The van der Waals surface area contributed by atoms with Crippen molar-refractivity contribution in [3.05, 3.63) is 29.3 Å². The van der Waals surface area contributed by atoms with Crippen LogP contribution in [0, 0.1) is 6.92 Å². The molecule has 1 heterocycles. The molecular formula is C19H30N3O2+. The lowest BCUT2D eigenvalue weighted by Crippen LogP contribution is -3.19. The molecule has 0 bridgehead atoms. The molecule has 5 heteroatoms. The normalized spacial score (nSPS) is 17.0. The van der Waals surface area contributed by atoms with E-state index in [2.05, 4.69) is 25.2 Å². The van der Waals surface area contributed by atoms with Crippen molar-refractivity contribution >= 4 is 17.5 Å². The lowest BCUT2D eigenvalue weighted by atomic mass is 9.98. The van der Waals surface area contributed by atoms with E-state index in [0.717, 1.165) is 37.4 Å². The first-order chi connectivity index (χ1) is 11.3. The Morgan fingerprint density at radius 3 is 2.33 bits per heavy atom. The Labute approximate surface area is 145 Å². The third-order valence-electron chi connectivity index (χ3n) is 5.03. The van der Waals surface area contributed by atoms with Crippen molar-refractivity contribution in [3.63, 3.8) is 0 Å². The van der Waals surface area contributed by atoms with Crippen LogP contribution >= 0.6 is 0 Å². The van der Waals surface area contributed by atoms with Gasteiger partial charge in [-0.1, -0.05) is 32.0 Å². The molecule has 1 aliphatic rings. The van der Waals surface area contributed by atoms with Gasteiger partial charge in [-0.2, -0.15) is 0 Å². The molecule has 0 saturated carbocycles. The molecule has 1 fully saturated rings. The van der Waals surface area contributed by atoms with Crippen LogP contribution in [-0.4, -0.2) is 48.9 Å². The quantitative estimate of drug-likeness (QED) is 0.870. The van der Waals surface area contributed by atoms with E-state index in [1.807, 2.05) is 30.9 Å². The first-order valence-corrected chi connectivity index (χ1v) is 8.81. The van der Waals surface area contributed by atoms with Crippen LogP contribution < -0.4 is 10.2 Å². The van der Waals surface area contributed by atoms with E-state index < -0.39 is 0 Å². The van der Waals surface area contributed by atoms with E-state index in [1.165, 1.54) is 10.5 Å². The number of nitrogens with one attached hydrogen (secondary N) is 2. The number of hydrogen-bond acceptors (Lipinski definition) is 2. The summed E-state index contributed by atoms with van der Waals surface area (Å²) in [4.78, 5) is 27.3. The van der Waals surface area contributed by atoms with Crippen molar-refractivity contribution in [1.29, 1.82) is 0 Å². The van der Waals surface area contributed by atoms with E-state index in [4.69, 9.17) is 0 Å². The first-order valence-electron chi connectivity index (χ1n) is 8.81. The number of carbonyl (C=O) groups is 2. The Morgan fingerprint density at radius 1 is 1.17 bits per heavy atom. The van der Waals surface area contributed by atoms with Gasteiger partial charge < -0.3 is 15.1 Å². The van der Waals surface area contributed by atoms with Gasteiger partial charge in [0.2, 0.25) is 5.91 Å². The van der Waals surface area contributed by atoms with Crippen molar-refractivity contribution in [3.8, 4) is 0 Å². The summed E-state index contributed by atoms with van der Waals surface area (Å²) in [6.45, 7) is 13.0. The van der Waals surface area contributed by atoms with Crippen LogP contribution in [-0.2, 0) is 9.59 Å². The van der Waals surface area contributed by atoms with Crippen molar-refractivity contribution in [2.24, 2.45) is 0 Å². The Hall–Kier alpha value is -1.88. The lowest BCUT2D eigenvalue weighted by Gasteiger charge is -2.34. The maximum absolute atomic E-state index is 12.7. The average molecular weight is 332 g/mol. The molecule has 1 aromatic carbocycles. The summed E-state index contributed by atoms with van der Waals surface area (Å²) in [5.41, 5.74) is 3.22.